The van der Waals surface area contributed by atoms with Crippen molar-refractivity contribution in [2.24, 2.45) is 16.7 Å². The van der Waals surface area contributed by atoms with Crippen molar-refractivity contribution in [1.82, 2.24) is 0 Å². The van der Waals surface area contributed by atoms with Gasteiger partial charge < -0.3 is 23.4 Å². The van der Waals surface area contributed by atoms with Gasteiger partial charge in [0.15, 0.2) is 0 Å². The third kappa shape index (κ3) is 1.44. The summed E-state index contributed by atoms with van der Waals surface area (Å²) in [6.45, 7) is 7.31. The quantitative estimate of drug-likeness (QED) is 0.435. The molecular formula is C10H17BrZn. The molecule has 66 valence electrons. The number of halogens is 1. The summed E-state index contributed by atoms with van der Waals surface area (Å²) in [4.78, 5) is 0. The SMILES string of the molecule is CC12[CH-]CC(CC1)C2(C)C.[Br-].[Zn+2]. The summed E-state index contributed by atoms with van der Waals surface area (Å²) in [7, 11) is 0. The third-order valence-electron chi connectivity index (χ3n) is 4.36. The molecule has 0 aliphatic heterocycles. The van der Waals surface area contributed by atoms with E-state index in [1.165, 1.54) is 19.3 Å². The summed E-state index contributed by atoms with van der Waals surface area (Å²) in [6.07, 6.45) is 6.84. The van der Waals surface area contributed by atoms with E-state index in [2.05, 4.69) is 27.2 Å². The average molecular weight is 283 g/mol. The van der Waals surface area contributed by atoms with Crippen molar-refractivity contribution in [3.05, 3.63) is 6.42 Å². The Labute approximate surface area is 99.4 Å². The average Bonchev–Trinajstić information content (AvgIpc) is 2.18. The van der Waals surface area contributed by atoms with E-state index in [0.717, 1.165) is 5.92 Å². The molecule has 2 bridgehead atoms. The van der Waals surface area contributed by atoms with Crippen LogP contribution in [-0.2, 0) is 19.5 Å². The van der Waals surface area contributed by atoms with Crippen molar-refractivity contribution in [2.45, 2.75) is 40.0 Å². The fourth-order valence-electron chi connectivity index (χ4n) is 2.80. The van der Waals surface area contributed by atoms with Gasteiger partial charge in [0.05, 0.1) is 0 Å². The van der Waals surface area contributed by atoms with Crippen molar-refractivity contribution >= 4 is 0 Å². The smallest absolute Gasteiger partial charge is 1.00 e. The van der Waals surface area contributed by atoms with E-state index in [1.807, 2.05) is 0 Å². The Morgan fingerprint density at radius 1 is 1.25 bits per heavy atom. The minimum Gasteiger partial charge on any atom is -1.00 e. The Hall–Kier alpha value is 1.10. The zero-order valence-electron chi connectivity index (χ0n) is 8.36. The van der Waals surface area contributed by atoms with Crippen molar-refractivity contribution < 1.29 is 36.5 Å². The second-order valence-corrected chi connectivity index (χ2v) is 4.81. The first-order chi connectivity index (χ1) is 4.56. The van der Waals surface area contributed by atoms with E-state index >= 15 is 0 Å². The molecule has 2 saturated carbocycles. The summed E-state index contributed by atoms with van der Waals surface area (Å²) in [5.74, 6) is 0.998. The van der Waals surface area contributed by atoms with E-state index in [-0.39, 0.29) is 36.5 Å². The van der Waals surface area contributed by atoms with Crippen LogP contribution >= 0.6 is 0 Å². The van der Waals surface area contributed by atoms with E-state index in [1.54, 1.807) is 0 Å². The molecular weight excluding hydrogens is 265 g/mol. The number of hydrogen-bond donors (Lipinski definition) is 0. The maximum Gasteiger partial charge on any atom is 2.00 e. The molecule has 0 heterocycles. The summed E-state index contributed by atoms with van der Waals surface area (Å²) >= 11 is 0. The fraction of sp³-hybridized carbons (Fsp3) is 0.900. The minimum absolute atomic E-state index is 0. The van der Waals surface area contributed by atoms with Crippen LogP contribution in [0.3, 0.4) is 0 Å². The second kappa shape index (κ2) is 3.69. The monoisotopic (exact) mass is 280 g/mol. The van der Waals surface area contributed by atoms with Crippen LogP contribution in [-0.4, -0.2) is 0 Å². The Balaban J connectivity index is 0.000000605. The van der Waals surface area contributed by atoms with E-state index in [9.17, 15) is 0 Å². The first-order valence-electron chi connectivity index (χ1n) is 4.41. The van der Waals surface area contributed by atoms with Crippen LogP contribution in [0, 0.1) is 23.2 Å². The van der Waals surface area contributed by atoms with Crippen LogP contribution in [0.15, 0.2) is 0 Å². The molecule has 12 heavy (non-hydrogen) atoms. The number of fused-ring (bicyclic) bond motifs is 2. The molecule has 2 heteroatoms. The predicted molar refractivity (Wildman–Crippen MR) is 43.5 cm³/mol. The van der Waals surface area contributed by atoms with Crippen molar-refractivity contribution in [2.75, 3.05) is 0 Å². The molecule has 0 N–H and O–H groups in total. The molecule has 0 radical (unpaired) electrons. The maximum absolute atomic E-state index is 2.56. The number of hydrogen-bond acceptors (Lipinski definition) is 0. The summed E-state index contributed by atoms with van der Waals surface area (Å²) in [5, 5.41) is 0. The van der Waals surface area contributed by atoms with Crippen LogP contribution < -0.4 is 17.0 Å². The van der Waals surface area contributed by atoms with E-state index in [0.29, 0.717) is 10.8 Å². The molecule has 0 nitrogen and oxygen atoms in total. The molecule has 0 aromatic rings. The normalized spacial score (nSPS) is 41.8. The predicted octanol–water partition coefficient (Wildman–Crippen LogP) is 0.0384. The standard InChI is InChI=1S/C10H17.BrH.Zn/c1-9(2)8-4-6-10(9,3)7-5-8;;/h6,8H,4-5,7H2,1-3H3;1H;/q-1;;+2/p-1. The van der Waals surface area contributed by atoms with Crippen LogP contribution in [0.2, 0.25) is 0 Å². The van der Waals surface area contributed by atoms with Gasteiger partial charge in [-0.15, -0.1) is 0 Å². The molecule has 0 aromatic heterocycles. The van der Waals surface area contributed by atoms with Gasteiger partial charge in [-0.2, -0.15) is 11.8 Å². The van der Waals surface area contributed by atoms with Crippen LogP contribution in [0.25, 0.3) is 0 Å². The summed E-state index contributed by atoms with van der Waals surface area (Å²) in [6, 6.07) is 0. The van der Waals surface area contributed by atoms with Crippen LogP contribution in [0.1, 0.15) is 40.0 Å². The van der Waals surface area contributed by atoms with Crippen LogP contribution in [0.5, 0.6) is 0 Å². The number of rotatable bonds is 0. The minimum atomic E-state index is 0. The van der Waals surface area contributed by atoms with Gasteiger partial charge in [0, 0.05) is 0 Å². The second-order valence-electron chi connectivity index (χ2n) is 4.81. The summed E-state index contributed by atoms with van der Waals surface area (Å²) in [5.41, 5.74) is 1.19. The van der Waals surface area contributed by atoms with E-state index in [4.69, 9.17) is 0 Å². The zero-order valence-corrected chi connectivity index (χ0v) is 12.9. The first kappa shape index (κ1) is 13.1. The Bertz CT molecular complexity index is 154. The van der Waals surface area contributed by atoms with Gasteiger partial charge in [-0.05, 0) is 0 Å². The van der Waals surface area contributed by atoms with Gasteiger partial charge in [-0.25, -0.2) is 0 Å². The van der Waals surface area contributed by atoms with Gasteiger partial charge >= 0.3 is 19.5 Å². The van der Waals surface area contributed by atoms with Gasteiger partial charge in [-0.1, -0.05) is 44.9 Å². The molecule has 0 amide bonds. The van der Waals surface area contributed by atoms with Gasteiger partial charge in [0.2, 0.25) is 0 Å². The molecule has 0 saturated heterocycles. The molecule has 2 atom stereocenters. The van der Waals surface area contributed by atoms with Gasteiger partial charge in [0.25, 0.3) is 0 Å². The topological polar surface area (TPSA) is 0 Å². The molecule has 2 rings (SSSR count). The molecule has 2 aliphatic carbocycles. The molecule has 0 spiro atoms. The molecule has 2 unspecified atom stereocenters. The molecule has 0 aromatic carbocycles. The Kier molecular flexibility index (Phi) is 4.03. The van der Waals surface area contributed by atoms with Gasteiger partial charge in [-0.3, -0.25) is 0 Å². The van der Waals surface area contributed by atoms with Crippen molar-refractivity contribution in [3.8, 4) is 0 Å². The first-order valence-corrected chi connectivity index (χ1v) is 4.41. The van der Waals surface area contributed by atoms with Gasteiger partial charge in [0.1, 0.15) is 0 Å². The van der Waals surface area contributed by atoms with Crippen molar-refractivity contribution in [1.29, 1.82) is 0 Å². The molecule has 2 aliphatic rings. The van der Waals surface area contributed by atoms with E-state index < -0.39 is 0 Å². The maximum atomic E-state index is 2.56. The third-order valence-corrected chi connectivity index (χ3v) is 4.36. The fourth-order valence-corrected chi connectivity index (χ4v) is 2.80. The zero-order chi connectivity index (χ0) is 7.41. The van der Waals surface area contributed by atoms with Crippen LogP contribution in [0.4, 0.5) is 0 Å². The van der Waals surface area contributed by atoms with Crippen molar-refractivity contribution in [3.63, 3.8) is 0 Å². The molecule has 2 fully saturated rings. The Morgan fingerprint density at radius 3 is 1.92 bits per heavy atom. The summed E-state index contributed by atoms with van der Waals surface area (Å²) < 4.78 is 0. The largest absolute Gasteiger partial charge is 2.00 e. The Morgan fingerprint density at radius 2 is 1.83 bits per heavy atom.